The number of hydrogen-bond donors (Lipinski definition) is 1. The highest BCUT2D eigenvalue weighted by Gasteiger charge is 2.53. The lowest BCUT2D eigenvalue weighted by Gasteiger charge is -2.37. The molecule has 5 atom stereocenters. The van der Waals surface area contributed by atoms with Crippen LogP contribution in [0.25, 0.3) is 0 Å². The maximum absolute atomic E-state index is 10.0. The van der Waals surface area contributed by atoms with Crippen molar-refractivity contribution in [2.45, 2.75) is 56.4 Å². The van der Waals surface area contributed by atoms with Crippen LogP contribution in [-0.2, 0) is 14.2 Å². The van der Waals surface area contributed by atoms with Gasteiger partial charge >= 0.3 is 0 Å². The number of rotatable bonds is 1. The number of aliphatic hydroxyl groups is 1. The van der Waals surface area contributed by atoms with Crippen molar-refractivity contribution < 1.29 is 19.3 Å². The molecule has 2 heterocycles. The third-order valence-corrected chi connectivity index (χ3v) is 3.68. The topological polar surface area (TPSA) is 47.9 Å². The van der Waals surface area contributed by atoms with E-state index in [9.17, 15) is 5.11 Å². The van der Waals surface area contributed by atoms with Crippen molar-refractivity contribution >= 4 is 11.8 Å². The quantitative estimate of drug-likeness (QED) is 0.732. The van der Waals surface area contributed by atoms with Crippen LogP contribution in [0.1, 0.15) is 20.8 Å². The lowest BCUT2D eigenvalue weighted by molar-refractivity contribution is -0.153. The van der Waals surface area contributed by atoms with E-state index < -0.39 is 11.9 Å². The monoisotopic (exact) mass is 234 g/mol. The minimum absolute atomic E-state index is 0.0439. The van der Waals surface area contributed by atoms with Crippen molar-refractivity contribution in [3.63, 3.8) is 0 Å². The first-order valence-electron chi connectivity index (χ1n) is 5.16. The van der Waals surface area contributed by atoms with E-state index in [0.29, 0.717) is 0 Å². The molecule has 0 aromatic rings. The zero-order valence-corrected chi connectivity index (χ0v) is 10.3. The zero-order valence-electron chi connectivity index (χ0n) is 9.47. The van der Waals surface area contributed by atoms with Crippen LogP contribution in [0.3, 0.4) is 0 Å². The molecule has 2 aliphatic heterocycles. The molecule has 5 heteroatoms. The first-order chi connectivity index (χ1) is 6.94. The van der Waals surface area contributed by atoms with E-state index in [1.54, 1.807) is 0 Å². The van der Waals surface area contributed by atoms with Gasteiger partial charge in [-0.3, -0.25) is 0 Å². The molecule has 2 saturated heterocycles. The van der Waals surface area contributed by atoms with Gasteiger partial charge in [0, 0.05) is 0 Å². The number of thioether (sulfide) groups is 1. The van der Waals surface area contributed by atoms with Crippen LogP contribution < -0.4 is 0 Å². The summed E-state index contributed by atoms with van der Waals surface area (Å²) in [5, 5.41) is 10.0. The van der Waals surface area contributed by atoms with Crippen molar-refractivity contribution in [3.8, 4) is 0 Å². The smallest absolute Gasteiger partial charge is 0.164 e. The second-order valence-corrected chi connectivity index (χ2v) is 5.44. The van der Waals surface area contributed by atoms with Crippen LogP contribution >= 0.6 is 11.8 Å². The Kier molecular flexibility index (Phi) is 3.03. The standard InChI is InChI=1S/C10H18O4S/c1-5-7-8(14-10(2,3)13-7)6(11)9(12-5)15-4/h5-9,11H,1-4H3/t5-,6-,7+,8-,9-/m0/s1. The molecule has 4 nitrogen and oxygen atoms in total. The molecule has 0 amide bonds. The molecule has 15 heavy (non-hydrogen) atoms. The summed E-state index contributed by atoms with van der Waals surface area (Å²) < 4.78 is 17.1. The van der Waals surface area contributed by atoms with E-state index in [2.05, 4.69) is 0 Å². The van der Waals surface area contributed by atoms with Gasteiger partial charge in [-0.1, -0.05) is 0 Å². The van der Waals surface area contributed by atoms with Gasteiger partial charge in [0.1, 0.15) is 23.7 Å². The van der Waals surface area contributed by atoms with Crippen LogP contribution in [-0.4, -0.2) is 47.0 Å². The van der Waals surface area contributed by atoms with Crippen molar-refractivity contribution in [2.24, 2.45) is 0 Å². The fraction of sp³-hybridized carbons (Fsp3) is 1.00. The highest BCUT2D eigenvalue weighted by Crippen LogP contribution is 2.39. The third kappa shape index (κ3) is 2.03. The second-order valence-electron chi connectivity index (χ2n) is 4.50. The fourth-order valence-corrected chi connectivity index (χ4v) is 2.88. The Balaban J connectivity index is 2.16. The molecule has 2 aliphatic rings. The SMILES string of the molecule is CS[C@@H]1O[C@@H](C)[C@H]2OC(C)(C)O[C@H]2[C@@H]1O. The highest BCUT2D eigenvalue weighted by molar-refractivity contribution is 7.99. The van der Waals surface area contributed by atoms with Crippen molar-refractivity contribution in [3.05, 3.63) is 0 Å². The van der Waals surface area contributed by atoms with Gasteiger partial charge in [0.25, 0.3) is 0 Å². The molecule has 0 saturated carbocycles. The van der Waals surface area contributed by atoms with Crippen LogP contribution in [0.15, 0.2) is 0 Å². The van der Waals surface area contributed by atoms with Crippen LogP contribution in [0, 0.1) is 0 Å². The largest absolute Gasteiger partial charge is 0.387 e. The molecule has 1 N–H and O–H groups in total. The molecule has 0 bridgehead atoms. The van der Waals surface area contributed by atoms with Gasteiger partial charge in [0.05, 0.1) is 6.10 Å². The van der Waals surface area contributed by atoms with Gasteiger partial charge in [-0.05, 0) is 27.0 Å². The molecule has 0 aromatic heterocycles. The summed E-state index contributed by atoms with van der Waals surface area (Å²) in [5.74, 6) is -0.624. The minimum atomic E-state index is -0.624. The van der Waals surface area contributed by atoms with Crippen LogP contribution in [0.4, 0.5) is 0 Å². The summed E-state index contributed by atoms with van der Waals surface area (Å²) in [7, 11) is 0. The summed E-state index contributed by atoms with van der Waals surface area (Å²) >= 11 is 1.50. The predicted molar refractivity (Wildman–Crippen MR) is 57.7 cm³/mol. The second kappa shape index (κ2) is 3.89. The summed E-state index contributed by atoms with van der Waals surface area (Å²) in [5.41, 5.74) is -0.223. The number of fused-ring (bicyclic) bond motifs is 1. The normalized spacial score (nSPS) is 49.0. The predicted octanol–water partition coefficient (Wildman–Crippen LogP) is 0.975. The summed E-state index contributed by atoms with van der Waals surface area (Å²) in [6.45, 7) is 5.68. The van der Waals surface area contributed by atoms with Crippen molar-refractivity contribution in [1.29, 1.82) is 0 Å². The summed E-state index contributed by atoms with van der Waals surface area (Å²) in [4.78, 5) is 0. The average Bonchev–Trinajstić information content (AvgIpc) is 2.48. The summed E-state index contributed by atoms with van der Waals surface area (Å²) in [6.07, 6.45) is 0.808. The lowest BCUT2D eigenvalue weighted by Crippen LogP contribution is -2.54. The lowest BCUT2D eigenvalue weighted by atomic mass is 10.0. The highest BCUT2D eigenvalue weighted by atomic mass is 32.2. The van der Waals surface area contributed by atoms with Crippen LogP contribution in [0.5, 0.6) is 0 Å². The molecule has 0 unspecified atom stereocenters. The van der Waals surface area contributed by atoms with E-state index in [0.717, 1.165) is 0 Å². The molecular formula is C10H18O4S. The zero-order chi connectivity index (χ0) is 11.2. The Hall–Kier alpha value is 0.190. The van der Waals surface area contributed by atoms with Gasteiger partial charge in [-0.25, -0.2) is 0 Å². The molecule has 0 radical (unpaired) electrons. The Labute approximate surface area is 94.3 Å². The van der Waals surface area contributed by atoms with Crippen molar-refractivity contribution in [1.82, 2.24) is 0 Å². The molecule has 88 valence electrons. The molecule has 2 rings (SSSR count). The molecule has 0 spiro atoms. The van der Waals surface area contributed by atoms with E-state index in [-0.39, 0.29) is 23.7 Å². The Morgan fingerprint density at radius 3 is 2.40 bits per heavy atom. The summed E-state index contributed by atoms with van der Waals surface area (Å²) in [6, 6.07) is 0. The average molecular weight is 234 g/mol. The number of ether oxygens (including phenoxy) is 3. The van der Waals surface area contributed by atoms with Gasteiger partial charge in [0.15, 0.2) is 5.79 Å². The van der Waals surface area contributed by atoms with Gasteiger partial charge in [-0.15, -0.1) is 11.8 Å². The Morgan fingerprint density at radius 2 is 1.80 bits per heavy atom. The fourth-order valence-electron chi connectivity index (χ4n) is 2.16. The first-order valence-corrected chi connectivity index (χ1v) is 6.45. The molecule has 0 aromatic carbocycles. The first kappa shape index (κ1) is 11.7. The van der Waals surface area contributed by atoms with Gasteiger partial charge in [-0.2, -0.15) is 0 Å². The van der Waals surface area contributed by atoms with E-state index in [1.165, 1.54) is 11.8 Å². The maximum Gasteiger partial charge on any atom is 0.164 e. The number of aliphatic hydroxyl groups excluding tert-OH is 1. The molecular weight excluding hydrogens is 216 g/mol. The maximum atomic E-state index is 10.0. The number of hydrogen-bond acceptors (Lipinski definition) is 5. The third-order valence-electron chi connectivity index (χ3n) is 2.82. The van der Waals surface area contributed by atoms with Gasteiger partial charge in [0.2, 0.25) is 0 Å². The van der Waals surface area contributed by atoms with E-state index in [4.69, 9.17) is 14.2 Å². The van der Waals surface area contributed by atoms with Crippen LogP contribution in [0.2, 0.25) is 0 Å². The molecule has 0 aliphatic carbocycles. The Morgan fingerprint density at radius 1 is 1.20 bits per heavy atom. The Bertz CT molecular complexity index is 246. The minimum Gasteiger partial charge on any atom is -0.387 e. The van der Waals surface area contributed by atoms with E-state index in [1.807, 2.05) is 27.0 Å². The van der Waals surface area contributed by atoms with E-state index >= 15 is 0 Å². The van der Waals surface area contributed by atoms with Crippen molar-refractivity contribution in [2.75, 3.05) is 6.26 Å². The van der Waals surface area contributed by atoms with Gasteiger partial charge < -0.3 is 19.3 Å². The molecule has 2 fully saturated rings.